The number of aromatic nitrogens is 2. The van der Waals surface area contributed by atoms with Gasteiger partial charge in [0, 0.05) is 25.0 Å². The number of rotatable bonds is 3. The van der Waals surface area contributed by atoms with Crippen LogP contribution in [0.3, 0.4) is 0 Å². The molecule has 0 spiro atoms. The SMILES string of the molecule is CC1CCC(CCc2ccnn2C)CN1. The van der Waals surface area contributed by atoms with Crippen LogP contribution in [0, 0.1) is 5.92 Å². The Bertz CT molecular complexity index is 298. The van der Waals surface area contributed by atoms with Crippen molar-refractivity contribution in [3.8, 4) is 0 Å². The van der Waals surface area contributed by atoms with Gasteiger partial charge in [0.25, 0.3) is 0 Å². The number of hydrogen-bond donors (Lipinski definition) is 1. The second-order valence-electron chi connectivity index (χ2n) is 4.74. The summed E-state index contributed by atoms with van der Waals surface area (Å²) in [7, 11) is 2.02. The van der Waals surface area contributed by atoms with Crippen LogP contribution in [0.2, 0.25) is 0 Å². The number of nitrogens with one attached hydrogen (secondary N) is 1. The minimum atomic E-state index is 0.720. The fraction of sp³-hybridized carbons (Fsp3) is 0.750. The predicted octanol–water partition coefficient (Wildman–Crippen LogP) is 1.74. The molecule has 0 aromatic carbocycles. The van der Waals surface area contributed by atoms with E-state index in [0.29, 0.717) is 0 Å². The molecule has 0 aliphatic carbocycles. The highest BCUT2D eigenvalue weighted by atomic mass is 15.2. The van der Waals surface area contributed by atoms with Crippen molar-refractivity contribution < 1.29 is 0 Å². The second-order valence-corrected chi connectivity index (χ2v) is 4.74. The zero-order chi connectivity index (χ0) is 10.7. The minimum absolute atomic E-state index is 0.720. The molecule has 1 aliphatic heterocycles. The first-order valence-corrected chi connectivity index (χ1v) is 5.96. The van der Waals surface area contributed by atoms with Crippen molar-refractivity contribution in [3.63, 3.8) is 0 Å². The number of piperidine rings is 1. The molecule has 1 fully saturated rings. The Labute approximate surface area is 91.9 Å². The minimum Gasteiger partial charge on any atom is -0.314 e. The summed E-state index contributed by atoms with van der Waals surface area (Å²) in [6.45, 7) is 3.47. The van der Waals surface area contributed by atoms with Gasteiger partial charge in [-0.05, 0) is 51.1 Å². The Balaban J connectivity index is 1.77. The number of nitrogens with zero attached hydrogens (tertiary/aromatic N) is 2. The number of aryl methyl sites for hydroxylation is 2. The molecule has 1 aromatic heterocycles. The highest BCUT2D eigenvalue weighted by Crippen LogP contribution is 2.19. The molecule has 3 nitrogen and oxygen atoms in total. The van der Waals surface area contributed by atoms with Gasteiger partial charge in [-0.15, -0.1) is 0 Å². The largest absolute Gasteiger partial charge is 0.314 e. The molecular weight excluding hydrogens is 186 g/mol. The fourth-order valence-corrected chi connectivity index (χ4v) is 2.30. The second kappa shape index (κ2) is 4.79. The van der Waals surface area contributed by atoms with Crippen LogP contribution in [0.1, 0.15) is 31.9 Å². The van der Waals surface area contributed by atoms with Gasteiger partial charge in [-0.2, -0.15) is 5.10 Å². The van der Waals surface area contributed by atoms with Gasteiger partial charge < -0.3 is 5.32 Å². The van der Waals surface area contributed by atoms with Gasteiger partial charge in [0.2, 0.25) is 0 Å². The zero-order valence-electron chi connectivity index (χ0n) is 9.74. The van der Waals surface area contributed by atoms with E-state index in [4.69, 9.17) is 0 Å². The standard InChI is InChI=1S/C12H21N3/c1-10-3-4-11(9-13-10)5-6-12-7-8-14-15(12)2/h7-8,10-11,13H,3-6,9H2,1-2H3. The van der Waals surface area contributed by atoms with E-state index in [0.717, 1.165) is 18.4 Å². The number of hydrogen-bond acceptors (Lipinski definition) is 2. The van der Waals surface area contributed by atoms with Crippen LogP contribution in [0.15, 0.2) is 12.3 Å². The van der Waals surface area contributed by atoms with E-state index in [1.807, 2.05) is 17.9 Å². The molecule has 2 atom stereocenters. The molecular formula is C12H21N3. The van der Waals surface area contributed by atoms with Gasteiger partial charge >= 0.3 is 0 Å². The fourth-order valence-electron chi connectivity index (χ4n) is 2.30. The van der Waals surface area contributed by atoms with Crippen LogP contribution >= 0.6 is 0 Å². The van der Waals surface area contributed by atoms with E-state index in [-0.39, 0.29) is 0 Å². The third kappa shape index (κ3) is 2.81. The monoisotopic (exact) mass is 207 g/mol. The Hall–Kier alpha value is -0.830. The Morgan fingerprint density at radius 3 is 3.00 bits per heavy atom. The molecule has 0 bridgehead atoms. The molecule has 84 valence electrons. The lowest BCUT2D eigenvalue weighted by Crippen LogP contribution is -2.37. The summed E-state index contributed by atoms with van der Waals surface area (Å²) in [5, 5.41) is 7.75. The summed E-state index contributed by atoms with van der Waals surface area (Å²) in [6, 6.07) is 2.84. The molecule has 2 rings (SSSR count). The Kier molecular flexibility index (Phi) is 3.41. The highest BCUT2D eigenvalue weighted by Gasteiger charge is 2.17. The molecule has 0 radical (unpaired) electrons. The maximum absolute atomic E-state index is 4.19. The summed E-state index contributed by atoms with van der Waals surface area (Å²) in [5.74, 6) is 0.857. The van der Waals surface area contributed by atoms with Crippen LogP contribution in [0.5, 0.6) is 0 Å². The maximum atomic E-state index is 4.19. The van der Waals surface area contributed by atoms with Gasteiger partial charge in [-0.1, -0.05) is 0 Å². The lowest BCUT2D eigenvalue weighted by atomic mass is 9.91. The van der Waals surface area contributed by atoms with Crippen molar-refractivity contribution >= 4 is 0 Å². The Morgan fingerprint density at radius 2 is 2.40 bits per heavy atom. The van der Waals surface area contributed by atoms with Gasteiger partial charge in [0.15, 0.2) is 0 Å². The van der Waals surface area contributed by atoms with Crippen molar-refractivity contribution in [2.45, 2.75) is 38.6 Å². The van der Waals surface area contributed by atoms with E-state index < -0.39 is 0 Å². The van der Waals surface area contributed by atoms with Crippen LogP contribution in [0.4, 0.5) is 0 Å². The van der Waals surface area contributed by atoms with Crippen molar-refractivity contribution in [1.29, 1.82) is 0 Å². The smallest absolute Gasteiger partial charge is 0.0492 e. The van der Waals surface area contributed by atoms with Crippen LogP contribution in [-0.4, -0.2) is 22.4 Å². The van der Waals surface area contributed by atoms with Crippen molar-refractivity contribution in [3.05, 3.63) is 18.0 Å². The molecule has 15 heavy (non-hydrogen) atoms. The third-order valence-corrected chi connectivity index (χ3v) is 3.49. The topological polar surface area (TPSA) is 29.9 Å². The van der Waals surface area contributed by atoms with Crippen LogP contribution in [-0.2, 0) is 13.5 Å². The Morgan fingerprint density at radius 1 is 1.53 bits per heavy atom. The van der Waals surface area contributed by atoms with Crippen LogP contribution in [0.25, 0.3) is 0 Å². The molecule has 1 aromatic rings. The third-order valence-electron chi connectivity index (χ3n) is 3.49. The van der Waals surface area contributed by atoms with Gasteiger partial charge in [-0.3, -0.25) is 4.68 Å². The van der Waals surface area contributed by atoms with Crippen molar-refractivity contribution in [1.82, 2.24) is 15.1 Å². The normalized spacial score (nSPS) is 26.8. The van der Waals surface area contributed by atoms with E-state index >= 15 is 0 Å². The van der Waals surface area contributed by atoms with E-state index in [2.05, 4.69) is 23.4 Å². The molecule has 0 saturated carbocycles. The summed E-state index contributed by atoms with van der Waals surface area (Å²) < 4.78 is 1.98. The molecule has 1 N–H and O–H groups in total. The van der Waals surface area contributed by atoms with Gasteiger partial charge in [0.1, 0.15) is 0 Å². The average Bonchev–Trinajstić information content (AvgIpc) is 2.63. The maximum Gasteiger partial charge on any atom is 0.0492 e. The van der Waals surface area contributed by atoms with Gasteiger partial charge in [0.05, 0.1) is 0 Å². The zero-order valence-corrected chi connectivity index (χ0v) is 9.74. The molecule has 0 amide bonds. The molecule has 3 heteroatoms. The van der Waals surface area contributed by atoms with E-state index in [1.165, 1.54) is 31.5 Å². The van der Waals surface area contributed by atoms with E-state index in [1.54, 1.807) is 0 Å². The molecule has 2 unspecified atom stereocenters. The van der Waals surface area contributed by atoms with E-state index in [9.17, 15) is 0 Å². The summed E-state index contributed by atoms with van der Waals surface area (Å²) in [5.41, 5.74) is 1.36. The van der Waals surface area contributed by atoms with Crippen molar-refractivity contribution in [2.24, 2.45) is 13.0 Å². The molecule has 1 aliphatic rings. The lowest BCUT2D eigenvalue weighted by Gasteiger charge is -2.27. The first-order chi connectivity index (χ1) is 7.25. The lowest BCUT2D eigenvalue weighted by molar-refractivity contribution is 0.308. The highest BCUT2D eigenvalue weighted by molar-refractivity contribution is 5.00. The van der Waals surface area contributed by atoms with Crippen LogP contribution < -0.4 is 5.32 Å². The summed E-state index contributed by atoms with van der Waals surface area (Å²) in [6.07, 6.45) is 7.05. The van der Waals surface area contributed by atoms with Gasteiger partial charge in [-0.25, -0.2) is 0 Å². The summed E-state index contributed by atoms with van der Waals surface area (Å²) in [4.78, 5) is 0. The first-order valence-electron chi connectivity index (χ1n) is 5.96. The quantitative estimate of drug-likeness (QED) is 0.818. The molecule has 1 saturated heterocycles. The first kappa shape index (κ1) is 10.7. The average molecular weight is 207 g/mol. The van der Waals surface area contributed by atoms with Crippen molar-refractivity contribution in [2.75, 3.05) is 6.54 Å². The summed E-state index contributed by atoms with van der Waals surface area (Å²) >= 11 is 0. The predicted molar refractivity (Wildman–Crippen MR) is 61.7 cm³/mol. The molecule has 2 heterocycles.